The molecule has 0 spiro atoms. The minimum absolute atomic E-state index is 0.140. The fourth-order valence-corrected chi connectivity index (χ4v) is 3.25. The van der Waals surface area contributed by atoms with Gasteiger partial charge in [0.05, 0.1) is 5.92 Å². The van der Waals surface area contributed by atoms with Crippen molar-refractivity contribution in [2.75, 3.05) is 12.3 Å². The fourth-order valence-electron chi connectivity index (χ4n) is 1.28. The van der Waals surface area contributed by atoms with Gasteiger partial charge in [-0.15, -0.1) is 0 Å². The van der Waals surface area contributed by atoms with Gasteiger partial charge in [0.1, 0.15) is 6.04 Å². The molecule has 0 aromatic heterocycles. The van der Waals surface area contributed by atoms with Crippen molar-refractivity contribution in [3.8, 4) is 0 Å². The Balaban J connectivity index is 4.33. The summed E-state index contributed by atoms with van der Waals surface area (Å²) in [5.74, 6) is -3.24. The summed E-state index contributed by atoms with van der Waals surface area (Å²) < 4.78 is 11.7. The van der Waals surface area contributed by atoms with Crippen molar-refractivity contribution in [2.24, 2.45) is 11.7 Å². The highest BCUT2D eigenvalue weighted by Crippen LogP contribution is 2.43. The van der Waals surface area contributed by atoms with E-state index in [1.54, 1.807) is 6.92 Å². The Hall–Kier alpha value is -0.910. The van der Waals surface area contributed by atoms with E-state index in [0.29, 0.717) is 0 Å². The highest BCUT2D eigenvalue weighted by Gasteiger charge is 2.28. The van der Waals surface area contributed by atoms with E-state index in [1.807, 2.05) is 0 Å². The predicted octanol–water partition coefficient (Wildman–Crippen LogP) is 0.170. The molecule has 0 aromatic rings. The van der Waals surface area contributed by atoms with Crippen LogP contribution in [0, 0.1) is 5.92 Å². The van der Waals surface area contributed by atoms with Gasteiger partial charge >= 0.3 is 11.9 Å². The van der Waals surface area contributed by atoms with Crippen LogP contribution in [0.3, 0.4) is 0 Å². The summed E-state index contributed by atoms with van der Waals surface area (Å²) >= 11 is 0. The largest absolute Gasteiger partial charge is 0.481 e. The Morgan fingerprint density at radius 2 is 1.82 bits per heavy atom. The molecule has 8 heteroatoms. The van der Waals surface area contributed by atoms with Crippen LogP contribution in [0.5, 0.6) is 0 Å². The van der Waals surface area contributed by atoms with Gasteiger partial charge in [0.2, 0.25) is 7.37 Å². The number of carboxylic acid groups (broad SMARTS) is 2. The first-order chi connectivity index (χ1) is 7.69. The lowest BCUT2D eigenvalue weighted by Crippen LogP contribution is -2.31. The summed E-state index contributed by atoms with van der Waals surface area (Å²) in [6.45, 7) is 1.61. The third-order valence-electron chi connectivity index (χ3n) is 2.45. The van der Waals surface area contributed by atoms with E-state index in [0.717, 1.165) is 0 Å². The van der Waals surface area contributed by atoms with E-state index in [2.05, 4.69) is 0 Å². The minimum Gasteiger partial charge on any atom is -0.481 e. The summed E-state index contributed by atoms with van der Waals surface area (Å²) in [6.07, 6.45) is -0.501. The molecule has 2 unspecified atom stereocenters. The molecule has 0 aliphatic carbocycles. The molecule has 0 amide bonds. The van der Waals surface area contributed by atoms with E-state index in [-0.39, 0.29) is 25.2 Å². The zero-order valence-corrected chi connectivity index (χ0v) is 10.5. The van der Waals surface area contributed by atoms with Crippen molar-refractivity contribution in [1.82, 2.24) is 0 Å². The molecule has 0 saturated heterocycles. The quantitative estimate of drug-likeness (QED) is 0.460. The third kappa shape index (κ3) is 6.41. The Morgan fingerprint density at radius 3 is 2.18 bits per heavy atom. The smallest absolute Gasteiger partial charge is 0.320 e. The lowest BCUT2D eigenvalue weighted by Gasteiger charge is -2.16. The van der Waals surface area contributed by atoms with Crippen LogP contribution in [-0.2, 0) is 14.2 Å². The van der Waals surface area contributed by atoms with Crippen LogP contribution in [0.1, 0.15) is 19.8 Å². The van der Waals surface area contributed by atoms with Crippen LogP contribution in [0.15, 0.2) is 0 Å². The van der Waals surface area contributed by atoms with Gasteiger partial charge in [-0.1, -0.05) is 6.92 Å². The van der Waals surface area contributed by atoms with Crippen LogP contribution in [0.2, 0.25) is 0 Å². The van der Waals surface area contributed by atoms with E-state index < -0.39 is 31.3 Å². The van der Waals surface area contributed by atoms with Crippen LogP contribution >= 0.6 is 7.37 Å². The van der Waals surface area contributed by atoms with E-state index in [1.165, 1.54) is 0 Å². The van der Waals surface area contributed by atoms with Crippen molar-refractivity contribution < 1.29 is 29.3 Å². The summed E-state index contributed by atoms with van der Waals surface area (Å²) in [5.41, 5.74) is 5.20. The zero-order chi connectivity index (χ0) is 13.6. The lowest BCUT2D eigenvalue weighted by atomic mass is 10.1. The standard InChI is InChI=1S/C9H18NO6P/c1-2-6(8(11)12)5-17(15,16)4-3-7(10)9(13)14/h6-7H,2-5,10H2,1H3,(H,11,12)(H,13,14)(H,15,16)/t6?,7-/m0/s1. The van der Waals surface area contributed by atoms with Crippen molar-refractivity contribution in [3.05, 3.63) is 0 Å². The summed E-state index contributed by atoms with van der Waals surface area (Å²) in [7, 11) is -3.64. The molecular formula is C9H18NO6P. The molecule has 0 fully saturated rings. The summed E-state index contributed by atoms with van der Waals surface area (Å²) in [5, 5.41) is 17.3. The van der Waals surface area contributed by atoms with Gasteiger partial charge in [-0.05, 0) is 12.8 Å². The Bertz CT molecular complexity index is 331. The number of carboxylic acids is 2. The van der Waals surface area contributed by atoms with Crippen LogP contribution < -0.4 is 5.73 Å². The van der Waals surface area contributed by atoms with Gasteiger partial charge in [0.15, 0.2) is 0 Å². The number of rotatable bonds is 8. The van der Waals surface area contributed by atoms with Crippen molar-refractivity contribution in [2.45, 2.75) is 25.8 Å². The normalized spacial score (nSPS) is 18.1. The fraction of sp³-hybridized carbons (Fsp3) is 0.778. The average Bonchev–Trinajstić information content (AvgIpc) is 2.22. The second kappa shape index (κ2) is 6.74. The van der Waals surface area contributed by atoms with E-state index in [9.17, 15) is 19.0 Å². The molecule has 0 heterocycles. The molecule has 0 radical (unpaired) electrons. The Kier molecular flexibility index (Phi) is 6.37. The number of aliphatic carboxylic acids is 2. The third-order valence-corrected chi connectivity index (χ3v) is 4.42. The molecule has 100 valence electrons. The van der Waals surface area contributed by atoms with E-state index >= 15 is 0 Å². The minimum atomic E-state index is -3.64. The molecule has 3 atom stereocenters. The van der Waals surface area contributed by atoms with Gasteiger partial charge < -0.3 is 20.8 Å². The molecule has 5 N–H and O–H groups in total. The molecule has 0 saturated carbocycles. The zero-order valence-electron chi connectivity index (χ0n) is 9.57. The molecule has 0 aliphatic rings. The van der Waals surface area contributed by atoms with Gasteiger partial charge in [-0.3, -0.25) is 14.2 Å². The number of hydrogen-bond donors (Lipinski definition) is 4. The van der Waals surface area contributed by atoms with Gasteiger partial charge in [-0.2, -0.15) is 0 Å². The maximum Gasteiger partial charge on any atom is 0.320 e. The monoisotopic (exact) mass is 267 g/mol. The summed E-state index contributed by atoms with van der Waals surface area (Å²) in [6, 6.07) is -1.19. The first-order valence-electron chi connectivity index (χ1n) is 5.21. The lowest BCUT2D eigenvalue weighted by molar-refractivity contribution is -0.141. The predicted molar refractivity (Wildman–Crippen MR) is 61.2 cm³/mol. The molecule has 7 nitrogen and oxygen atoms in total. The molecule has 0 aliphatic heterocycles. The average molecular weight is 267 g/mol. The second-order valence-corrected chi connectivity index (χ2v) is 6.43. The Labute approximate surface area is 99.1 Å². The first kappa shape index (κ1) is 16.1. The highest BCUT2D eigenvalue weighted by atomic mass is 31.2. The van der Waals surface area contributed by atoms with Crippen molar-refractivity contribution >= 4 is 19.3 Å². The van der Waals surface area contributed by atoms with Crippen molar-refractivity contribution in [3.63, 3.8) is 0 Å². The molecule has 0 bridgehead atoms. The van der Waals surface area contributed by atoms with E-state index in [4.69, 9.17) is 15.9 Å². The molecule has 0 aromatic carbocycles. The van der Waals surface area contributed by atoms with Crippen LogP contribution in [-0.4, -0.2) is 45.4 Å². The molecule has 17 heavy (non-hydrogen) atoms. The number of hydrogen-bond acceptors (Lipinski definition) is 4. The maximum atomic E-state index is 11.7. The maximum absolute atomic E-state index is 11.7. The van der Waals surface area contributed by atoms with Gasteiger partial charge in [0, 0.05) is 12.3 Å². The number of carbonyl (C=O) groups is 2. The number of nitrogens with two attached hydrogens (primary N) is 1. The van der Waals surface area contributed by atoms with Gasteiger partial charge in [0.25, 0.3) is 0 Å². The SMILES string of the molecule is CCC(CP(=O)(O)CC[C@H](N)C(=O)O)C(=O)O. The van der Waals surface area contributed by atoms with Crippen LogP contribution in [0.25, 0.3) is 0 Å². The van der Waals surface area contributed by atoms with Gasteiger partial charge in [-0.25, -0.2) is 0 Å². The topological polar surface area (TPSA) is 138 Å². The second-order valence-electron chi connectivity index (χ2n) is 3.93. The molecule has 0 rings (SSSR count). The molecular weight excluding hydrogens is 249 g/mol. The van der Waals surface area contributed by atoms with Crippen molar-refractivity contribution in [1.29, 1.82) is 0 Å². The Morgan fingerprint density at radius 1 is 1.29 bits per heavy atom. The first-order valence-corrected chi connectivity index (χ1v) is 7.24. The highest BCUT2D eigenvalue weighted by molar-refractivity contribution is 7.58. The summed E-state index contributed by atoms with van der Waals surface area (Å²) in [4.78, 5) is 30.7. The van der Waals surface area contributed by atoms with Crippen LogP contribution in [0.4, 0.5) is 0 Å².